The maximum Gasteiger partial charge on any atom is 0.340 e. The fourth-order valence-electron chi connectivity index (χ4n) is 3.28. The van der Waals surface area contributed by atoms with E-state index in [0.29, 0.717) is 17.9 Å². The highest BCUT2D eigenvalue weighted by Gasteiger charge is 2.25. The number of carboxylic acids is 1. The Morgan fingerprint density at radius 2 is 2.18 bits per heavy atom. The zero-order valence-electron chi connectivity index (χ0n) is 13.2. The number of phenols is 1. The van der Waals surface area contributed by atoms with Gasteiger partial charge < -0.3 is 15.3 Å². The molecule has 1 aromatic rings. The van der Waals surface area contributed by atoms with Crippen LogP contribution in [0.4, 0.5) is 0 Å². The zero-order valence-corrected chi connectivity index (χ0v) is 13.2. The molecular weight excluding hydrogens is 280 g/mol. The number of hydrogen-bond acceptors (Lipinski definition) is 3. The van der Waals surface area contributed by atoms with Gasteiger partial charge in [-0.05, 0) is 41.5 Å². The van der Waals surface area contributed by atoms with Gasteiger partial charge in [0.2, 0.25) is 0 Å². The van der Waals surface area contributed by atoms with Crippen LogP contribution in [-0.2, 0) is 12.8 Å². The second-order valence-electron chi connectivity index (χ2n) is 6.23. The summed E-state index contributed by atoms with van der Waals surface area (Å²) < 4.78 is 0. The maximum atomic E-state index is 11.4. The van der Waals surface area contributed by atoms with Gasteiger partial charge in [-0.2, -0.15) is 0 Å². The lowest BCUT2D eigenvalue weighted by atomic mass is 9.81. The van der Waals surface area contributed by atoms with Gasteiger partial charge in [-0.25, -0.2) is 4.79 Å². The minimum Gasteiger partial charge on any atom is -0.507 e. The monoisotopic (exact) mass is 304 g/mol. The first kappa shape index (κ1) is 16.6. The van der Waals surface area contributed by atoms with Crippen LogP contribution in [0, 0.1) is 11.8 Å². The molecule has 0 saturated heterocycles. The maximum absolute atomic E-state index is 11.4. The van der Waals surface area contributed by atoms with Crippen molar-refractivity contribution in [1.82, 2.24) is 0 Å². The van der Waals surface area contributed by atoms with Crippen molar-refractivity contribution in [3.05, 3.63) is 34.4 Å². The van der Waals surface area contributed by atoms with E-state index in [4.69, 9.17) is 0 Å². The Bertz CT molecular complexity index is 589. The van der Waals surface area contributed by atoms with E-state index in [-0.39, 0.29) is 23.8 Å². The van der Waals surface area contributed by atoms with Crippen LogP contribution in [0.3, 0.4) is 0 Å². The van der Waals surface area contributed by atoms with Gasteiger partial charge in [0, 0.05) is 12.5 Å². The summed E-state index contributed by atoms with van der Waals surface area (Å²) in [4.78, 5) is 11.4. The molecule has 0 amide bonds. The molecule has 2 unspecified atom stereocenters. The summed E-state index contributed by atoms with van der Waals surface area (Å²) in [5.74, 6) is -0.798. The molecule has 1 aliphatic carbocycles. The van der Waals surface area contributed by atoms with Crippen LogP contribution >= 0.6 is 0 Å². The summed E-state index contributed by atoms with van der Waals surface area (Å²) in [6.45, 7) is 4.35. The molecule has 0 bridgehead atoms. The number of rotatable bonds is 6. The lowest BCUT2D eigenvalue weighted by Crippen LogP contribution is -2.17. The van der Waals surface area contributed by atoms with Crippen molar-refractivity contribution in [3.63, 3.8) is 0 Å². The average molecular weight is 304 g/mol. The van der Waals surface area contributed by atoms with Crippen LogP contribution in [0.1, 0.15) is 53.7 Å². The van der Waals surface area contributed by atoms with Crippen molar-refractivity contribution in [2.24, 2.45) is 11.8 Å². The van der Waals surface area contributed by atoms with E-state index < -0.39 is 5.97 Å². The van der Waals surface area contributed by atoms with Crippen LogP contribution in [0.5, 0.6) is 5.75 Å². The number of fused-ring (bicyclic) bond motifs is 1. The lowest BCUT2D eigenvalue weighted by Gasteiger charge is -2.24. The largest absolute Gasteiger partial charge is 0.507 e. The van der Waals surface area contributed by atoms with Crippen LogP contribution in [0.2, 0.25) is 0 Å². The number of aromatic carboxylic acids is 1. The molecule has 120 valence electrons. The molecule has 0 fully saturated rings. The van der Waals surface area contributed by atoms with E-state index in [0.717, 1.165) is 30.4 Å². The van der Waals surface area contributed by atoms with Crippen molar-refractivity contribution in [2.45, 2.75) is 39.5 Å². The van der Waals surface area contributed by atoms with Crippen molar-refractivity contribution in [2.75, 3.05) is 6.61 Å². The molecule has 3 N–H and O–H groups in total. The molecule has 1 aliphatic rings. The first-order chi connectivity index (χ1) is 10.5. The fraction of sp³-hybridized carbons (Fsp3) is 0.500. The van der Waals surface area contributed by atoms with Gasteiger partial charge in [0.25, 0.3) is 0 Å². The lowest BCUT2D eigenvalue weighted by molar-refractivity contribution is 0.0693. The Morgan fingerprint density at radius 1 is 1.45 bits per heavy atom. The zero-order chi connectivity index (χ0) is 16.3. The minimum absolute atomic E-state index is 0.0129. The fourth-order valence-corrected chi connectivity index (χ4v) is 3.28. The minimum atomic E-state index is -1.12. The van der Waals surface area contributed by atoms with Crippen LogP contribution in [-0.4, -0.2) is 27.9 Å². The molecular formula is C18H24O4. The Balaban J connectivity index is 2.50. The van der Waals surface area contributed by atoms with E-state index in [9.17, 15) is 20.1 Å². The van der Waals surface area contributed by atoms with E-state index in [1.807, 2.05) is 6.08 Å². The van der Waals surface area contributed by atoms with E-state index in [2.05, 4.69) is 13.8 Å². The third kappa shape index (κ3) is 3.33. The predicted octanol–water partition coefficient (Wildman–Crippen LogP) is 3.25. The highest BCUT2D eigenvalue weighted by Crippen LogP contribution is 2.35. The SMILES string of the molecule is CCCC(C)Cc1cc(O)c(C(=O)O)c2c1CC(CO)C=C2. The second kappa shape index (κ2) is 6.97. The van der Waals surface area contributed by atoms with Crippen LogP contribution in [0.15, 0.2) is 12.1 Å². The van der Waals surface area contributed by atoms with E-state index in [1.54, 1.807) is 12.1 Å². The van der Waals surface area contributed by atoms with Crippen molar-refractivity contribution >= 4 is 12.0 Å². The summed E-state index contributed by atoms with van der Waals surface area (Å²) in [6.07, 6.45) is 7.19. The number of carbonyl (C=O) groups is 1. The van der Waals surface area contributed by atoms with Crippen molar-refractivity contribution < 1.29 is 20.1 Å². The molecule has 0 saturated carbocycles. The number of aromatic hydroxyl groups is 1. The standard InChI is InChI=1S/C18H24O4/c1-3-4-11(2)7-13-9-16(20)17(18(21)22)14-6-5-12(10-19)8-15(13)14/h5-6,9,11-12,19-20H,3-4,7-8,10H2,1-2H3,(H,21,22). The van der Waals surface area contributed by atoms with Gasteiger partial charge in [-0.15, -0.1) is 0 Å². The molecule has 2 rings (SSSR count). The highest BCUT2D eigenvalue weighted by atomic mass is 16.4. The van der Waals surface area contributed by atoms with Gasteiger partial charge in [0.1, 0.15) is 11.3 Å². The average Bonchev–Trinajstić information content (AvgIpc) is 2.46. The van der Waals surface area contributed by atoms with Gasteiger partial charge >= 0.3 is 5.97 Å². The molecule has 4 nitrogen and oxygen atoms in total. The Morgan fingerprint density at radius 3 is 2.77 bits per heavy atom. The van der Waals surface area contributed by atoms with Gasteiger partial charge in [-0.3, -0.25) is 0 Å². The second-order valence-corrected chi connectivity index (χ2v) is 6.23. The first-order valence-electron chi connectivity index (χ1n) is 7.87. The van der Waals surface area contributed by atoms with E-state index in [1.165, 1.54) is 0 Å². The molecule has 22 heavy (non-hydrogen) atoms. The quantitative estimate of drug-likeness (QED) is 0.754. The van der Waals surface area contributed by atoms with Crippen LogP contribution in [0.25, 0.3) is 6.08 Å². The summed E-state index contributed by atoms with van der Waals surface area (Å²) >= 11 is 0. The third-order valence-electron chi connectivity index (χ3n) is 4.35. The van der Waals surface area contributed by atoms with Gasteiger partial charge in [-0.1, -0.05) is 38.8 Å². The number of benzene rings is 1. The first-order valence-corrected chi connectivity index (χ1v) is 7.87. The Hall–Kier alpha value is -1.81. The molecule has 2 atom stereocenters. The summed E-state index contributed by atoms with van der Waals surface area (Å²) in [6, 6.07) is 1.60. The summed E-state index contributed by atoms with van der Waals surface area (Å²) in [7, 11) is 0. The smallest absolute Gasteiger partial charge is 0.340 e. The summed E-state index contributed by atoms with van der Waals surface area (Å²) in [5.41, 5.74) is 2.52. The normalized spacial score (nSPS) is 18.0. The molecule has 0 heterocycles. The number of hydrogen-bond donors (Lipinski definition) is 3. The highest BCUT2D eigenvalue weighted by molar-refractivity contribution is 5.96. The van der Waals surface area contributed by atoms with Gasteiger partial charge in [0.15, 0.2) is 0 Å². The van der Waals surface area contributed by atoms with Crippen molar-refractivity contribution in [3.8, 4) is 5.75 Å². The van der Waals surface area contributed by atoms with E-state index >= 15 is 0 Å². The number of aliphatic hydroxyl groups excluding tert-OH is 1. The van der Waals surface area contributed by atoms with Crippen LogP contribution < -0.4 is 0 Å². The number of aliphatic hydroxyl groups is 1. The predicted molar refractivity (Wildman–Crippen MR) is 86.2 cm³/mol. The Labute approximate surface area is 131 Å². The molecule has 1 aromatic carbocycles. The summed E-state index contributed by atoms with van der Waals surface area (Å²) in [5, 5.41) is 28.9. The Kier molecular flexibility index (Phi) is 5.24. The third-order valence-corrected chi connectivity index (χ3v) is 4.35. The molecule has 0 aliphatic heterocycles. The molecule has 0 spiro atoms. The topological polar surface area (TPSA) is 77.8 Å². The van der Waals surface area contributed by atoms with Crippen molar-refractivity contribution in [1.29, 1.82) is 0 Å². The molecule has 4 heteroatoms. The molecule has 0 aromatic heterocycles. The molecule has 0 radical (unpaired) electrons. The van der Waals surface area contributed by atoms with Gasteiger partial charge in [0.05, 0.1) is 0 Å². The number of carboxylic acid groups (broad SMARTS) is 1.